The monoisotopic (exact) mass is 210 g/mol. The minimum absolute atomic E-state index is 0.542. The van der Waals surface area contributed by atoms with Gasteiger partial charge in [0.1, 0.15) is 5.75 Å². The van der Waals surface area contributed by atoms with Gasteiger partial charge in [-0.05, 0) is 25.5 Å². The maximum atomic E-state index is 9.82. The SMILES string of the molecule is COc1ccc(C(O)CCCN)c(N)c1. The molecule has 5 N–H and O–H groups in total. The van der Waals surface area contributed by atoms with Crippen LogP contribution in [0.2, 0.25) is 0 Å². The van der Waals surface area contributed by atoms with E-state index in [1.54, 1.807) is 25.3 Å². The smallest absolute Gasteiger partial charge is 0.120 e. The van der Waals surface area contributed by atoms with E-state index in [4.69, 9.17) is 16.2 Å². The van der Waals surface area contributed by atoms with Crippen LogP contribution in [-0.4, -0.2) is 18.8 Å². The van der Waals surface area contributed by atoms with E-state index in [1.165, 1.54) is 0 Å². The lowest BCUT2D eigenvalue weighted by molar-refractivity contribution is 0.166. The zero-order valence-electron chi connectivity index (χ0n) is 8.94. The van der Waals surface area contributed by atoms with Gasteiger partial charge in [-0.15, -0.1) is 0 Å². The first-order valence-electron chi connectivity index (χ1n) is 5.00. The number of methoxy groups -OCH3 is 1. The van der Waals surface area contributed by atoms with Crippen molar-refractivity contribution in [1.82, 2.24) is 0 Å². The number of hydrogen-bond donors (Lipinski definition) is 3. The lowest BCUT2D eigenvalue weighted by Crippen LogP contribution is -2.06. The van der Waals surface area contributed by atoms with Crippen LogP contribution in [0, 0.1) is 0 Å². The Morgan fingerprint density at radius 1 is 1.47 bits per heavy atom. The molecule has 0 saturated heterocycles. The van der Waals surface area contributed by atoms with Crippen LogP contribution in [0.3, 0.4) is 0 Å². The van der Waals surface area contributed by atoms with Gasteiger partial charge in [0.25, 0.3) is 0 Å². The summed E-state index contributed by atoms with van der Waals surface area (Å²) in [7, 11) is 1.58. The summed E-state index contributed by atoms with van der Waals surface area (Å²) in [6.07, 6.45) is 0.874. The first-order chi connectivity index (χ1) is 7.19. The average molecular weight is 210 g/mol. The van der Waals surface area contributed by atoms with Gasteiger partial charge in [-0.1, -0.05) is 6.07 Å². The summed E-state index contributed by atoms with van der Waals surface area (Å²) in [5.41, 5.74) is 12.5. The standard InChI is InChI=1S/C11H18N2O2/c1-15-8-4-5-9(10(13)7-8)11(14)3-2-6-12/h4-5,7,11,14H,2-3,6,12-13H2,1H3. The third kappa shape index (κ3) is 3.11. The van der Waals surface area contributed by atoms with Gasteiger partial charge in [0.05, 0.1) is 13.2 Å². The fourth-order valence-electron chi connectivity index (χ4n) is 1.45. The van der Waals surface area contributed by atoms with Crippen molar-refractivity contribution in [2.24, 2.45) is 5.73 Å². The first-order valence-corrected chi connectivity index (χ1v) is 5.00. The maximum absolute atomic E-state index is 9.82. The molecule has 1 aromatic rings. The van der Waals surface area contributed by atoms with Gasteiger partial charge >= 0.3 is 0 Å². The van der Waals surface area contributed by atoms with Crippen LogP contribution in [0.1, 0.15) is 24.5 Å². The van der Waals surface area contributed by atoms with E-state index in [1.807, 2.05) is 0 Å². The van der Waals surface area contributed by atoms with Crippen LogP contribution >= 0.6 is 0 Å². The Kier molecular flexibility index (Phi) is 4.39. The lowest BCUT2D eigenvalue weighted by Gasteiger charge is -2.13. The molecule has 4 heteroatoms. The van der Waals surface area contributed by atoms with Crippen LogP contribution in [0.15, 0.2) is 18.2 Å². The van der Waals surface area contributed by atoms with Crippen LogP contribution in [0.25, 0.3) is 0 Å². The summed E-state index contributed by atoms with van der Waals surface area (Å²) in [5, 5.41) is 9.82. The van der Waals surface area contributed by atoms with Gasteiger partial charge in [0.2, 0.25) is 0 Å². The second-order valence-electron chi connectivity index (χ2n) is 3.44. The van der Waals surface area contributed by atoms with E-state index in [9.17, 15) is 5.11 Å². The number of rotatable bonds is 5. The molecule has 0 amide bonds. The molecule has 0 radical (unpaired) electrons. The van der Waals surface area contributed by atoms with E-state index in [0.29, 0.717) is 24.4 Å². The average Bonchev–Trinajstić information content (AvgIpc) is 2.25. The molecule has 0 heterocycles. The summed E-state index contributed by atoms with van der Waals surface area (Å²) in [6, 6.07) is 5.29. The quantitative estimate of drug-likeness (QED) is 0.634. The predicted octanol–water partition coefficient (Wildman–Crippen LogP) is 1.05. The molecule has 0 spiro atoms. The van der Waals surface area contributed by atoms with Crippen molar-refractivity contribution in [3.8, 4) is 5.75 Å². The largest absolute Gasteiger partial charge is 0.497 e. The van der Waals surface area contributed by atoms with Crippen LogP contribution in [0.4, 0.5) is 5.69 Å². The molecular formula is C11H18N2O2. The van der Waals surface area contributed by atoms with Crippen molar-refractivity contribution in [1.29, 1.82) is 0 Å². The molecule has 0 fully saturated rings. The maximum Gasteiger partial charge on any atom is 0.120 e. The number of aliphatic hydroxyl groups is 1. The van der Waals surface area contributed by atoms with E-state index >= 15 is 0 Å². The molecule has 4 nitrogen and oxygen atoms in total. The fourth-order valence-corrected chi connectivity index (χ4v) is 1.45. The van der Waals surface area contributed by atoms with Crippen LogP contribution < -0.4 is 16.2 Å². The fraction of sp³-hybridized carbons (Fsp3) is 0.455. The molecule has 15 heavy (non-hydrogen) atoms. The van der Waals surface area contributed by atoms with E-state index in [0.717, 1.165) is 12.0 Å². The van der Waals surface area contributed by atoms with E-state index in [-0.39, 0.29) is 0 Å². The first kappa shape index (κ1) is 11.8. The zero-order valence-corrected chi connectivity index (χ0v) is 8.94. The second-order valence-corrected chi connectivity index (χ2v) is 3.44. The molecule has 0 aliphatic rings. The molecule has 84 valence electrons. The van der Waals surface area contributed by atoms with Gasteiger partial charge < -0.3 is 21.3 Å². The second kappa shape index (κ2) is 5.58. The molecule has 0 bridgehead atoms. The molecule has 1 aromatic carbocycles. The summed E-state index contributed by atoms with van der Waals surface area (Å²) >= 11 is 0. The Balaban J connectivity index is 2.76. The molecule has 1 rings (SSSR count). The number of nitrogens with two attached hydrogens (primary N) is 2. The molecule has 1 unspecified atom stereocenters. The molecule has 1 atom stereocenters. The number of anilines is 1. The number of nitrogen functional groups attached to an aromatic ring is 1. The minimum atomic E-state index is -0.542. The predicted molar refractivity (Wildman–Crippen MR) is 60.7 cm³/mol. The zero-order chi connectivity index (χ0) is 11.3. The Labute approximate surface area is 89.8 Å². The molecule has 0 aromatic heterocycles. The van der Waals surface area contributed by atoms with Gasteiger partial charge in [-0.3, -0.25) is 0 Å². The van der Waals surface area contributed by atoms with Gasteiger partial charge in [-0.2, -0.15) is 0 Å². The van der Waals surface area contributed by atoms with Gasteiger partial charge in [0.15, 0.2) is 0 Å². The Bertz CT molecular complexity index is 315. The highest BCUT2D eigenvalue weighted by atomic mass is 16.5. The minimum Gasteiger partial charge on any atom is -0.497 e. The molecule has 0 aliphatic carbocycles. The highest BCUT2D eigenvalue weighted by molar-refractivity contribution is 5.52. The van der Waals surface area contributed by atoms with Crippen molar-refractivity contribution in [3.63, 3.8) is 0 Å². The highest BCUT2D eigenvalue weighted by Gasteiger charge is 2.10. The van der Waals surface area contributed by atoms with E-state index < -0.39 is 6.10 Å². The Morgan fingerprint density at radius 2 is 2.20 bits per heavy atom. The van der Waals surface area contributed by atoms with E-state index in [2.05, 4.69) is 0 Å². The lowest BCUT2D eigenvalue weighted by atomic mass is 10.0. The summed E-state index contributed by atoms with van der Waals surface area (Å²) in [5.74, 6) is 0.697. The van der Waals surface area contributed by atoms with Crippen molar-refractivity contribution < 1.29 is 9.84 Å². The Morgan fingerprint density at radius 3 is 2.73 bits per heavy atom. The molecule has 0 saturated carbocycles. The van der Waals surface area contributed by atoms with Crippen molar-refractivity contribution >= 4 is 5.69 Å². The van der Waals surface area contributed by atoms with Crippen molar-refractivity contribution in [2.75, 3.05) is 19.4 Å². The van der Waals surface area contributed by atoms with Gasteiger partial charge in [0, 0.05) is 17.3 Å². The number of aliphatic hydroxyl groups excluding tert-OH is 1. The number of benzene rings is 1. The summed E-state index contributed by atoms with van der Waals surface area (Å²) in [4.78, 5) is 0. The van der Waals surface area contributed by atoms with Crippen LogP contribution in [0.5, 0.6) is 5.75 Å². The summed E-state index contributed by atoms with van der Waals surface area (Å²) < 4.78 is 5.03. The third-order valence-corrected chi connectivity index (χ3v) is 2.33. The number of hydrogen-bond acceptors (Lipinski definition) is 4. The van der Waals surface area contributed by atoms with Crippen molar-refractivity contribution in [2.45, 2.75) is 18.9 Å². The molecule has 0 aliphatic heterocycles. The Hall–Kier alpha value is -1.26. The normalized spacial score (nSPS) is 12.5. The third-order valence-electron chi connectivity index (χ3n) is 2.33. The van der Waals surface area contributed by atoms with Crippen LogP contribution in [-0.2, 0) is 0 Å². The summed E-state index contributed by atoms with van der Waals surface area (Å²) in [6.45, 7) is 0.577. The van der Waals surface area contributed by atoms with Crippen molar-refractivity contribution in [3.05, 3.63) is 23.8 Å². The topological polar surface area (TPSA) is 81.5 Å². The van der Waals surface area contributed by atoms with Gasteiger partial charge in [-0.25, -0.2) is 0 Å². The highest BCUT2D eigenvalue weighted by Crippen LogP contribution is 2.27. The number of ether oxygens (including phenoxy) is 1. The molecular weight excluding hydrogens is 192 g/mol.